The zero-order valence-corrected chi connectivity index (χ0v) is 9.78. The monoisotopic (exact) mass is 228 g/mol. The van der Waals surface area contributed by atoms with E-state index in [0.717, 1.165) is 38.0 Å². The van der Waals surface area contributed by atoms with E-state index < -0.39 is 0 Å². The SMILES string of the molecule is CCC(Cl)c1cnn(C2CCOCC2)c1. The van der Waals surface area contributed by atoms with Gasteiger partial charge in [0.25, 0.3) is 0 Å². The van der Waals surface area contributed by atoms with Gasteiger partial charge < -0.3 is 4.74 Å². The van der Waals surface area contributed by atoms with Crippen LogP contribution in [0, 0.1) is 0 Å². The molecule has 1 atom stereocenters. The first-order valence-electron chi connectivity index (χ1n) is 5.57. The van der Waals surface area contributed by atoms with Gasteiger partial charge in [-0.2, -0.15) is 5.10 Å². The highest BCUT2D eigenvalue weighted by Crippen LogP contribution is 2.26. The van der Waals surface area contributed by atoms with Gasteiger partial charge in [-0.05, 0) is 19.3 Å². The smallest absolute Gasteiger partial charge is 0.0613 e. The van der Waals surface area contributed by atoms with Crippen LogP contribution >= 0.6 is 11.6 Å². The average molecular weight is 229 g/mol. The number of hydrogen-bond donors (Lipinski definition) is 0. The molecule has 1 unspecified atom stereocenters. The molecule has 0 N–H and O–H groups in total. The van der Waals surface area contributed by atoms with Crippen molar-refractivity contribution in [3.8, 4) is 0 Å². The van der Waals surface area contributed by atoms with Crippen LogP contribution in [0.4, 0.5) is 0 Å². The summed E-state index contributed by atoms with van der Waals surface area (Å²) in [4.78, 5) is 0. The van der Waals surface area contributed by atoms with Gasteiger partial charge in [-0.1, -0.05) is 6.92 Å². The van der Waals surface area contributed by atoms with E-state index in [1.807, 2.05) is 10.9 Å². The topological polar surface area (TPSA) is 27.1 Å². The summed E-state index contributed by atoms with van der Waals surface area (Å²) in [6.07, 6.45) is 7.02. The molecular weight excluding hydrogens is 212 g/mol. The summed E-state index contributed by atoms with van der Waals surface area (Å²) in [5.41, 5.74) is 1.13. The Morgan fingerprint density at radius 2 is 2.33 bits per heavy atom. The van der Waals surface area contributed by atoms with Crippen molar-refractivity contribution < 1.29 is 4.74 Å². The van der Waals surface area contributed by atoms with E-state index in [-0.39, 0.29) is 5.38 Å². The molecule has 1 saturated heterocycles. The van der Waals surface area contributed by atoms with E-state index in [2.05, 4.69) is 18.2 Å². The highest BCUT2D eigenvalue weighted by atomic mass is 35.5. The Morgan fingerprint density at radius 3 is 3.00 bits per heavy atom. The fourth-order valence-electron chi connectivity index (χ4n) is 1.90. The van der Waals surface area contributed by atoms with Crippen molar-refractivity contribution in [3.63, 3.8) is 0 Å². The minimum absolute atomic E-state index is 0.0959. The first-order valence-corrected chi connectivity index (χ1v) is 6.00. The van der Waals surface area contributed by atoms with Crippen molar-refractivity contribution in [1.29, 1.82) is 0 Å². The number of hydrogen-bond acceptors (Lipinski definition) is 2. The van der Waals surface area contributed by atoms with Crippen molar-refractivity contribution >= 4 is 11.6 Å². The number of ether oxygens (including phenoxy) is 1. The molecule has 3 nitrogen and oxygen atoms in total. The Balaban J connectivity index is 2.05. The Bertz CT molecular complexity index is 307. The van der Waals surface area contributed by atoms with Crippen molar-refractivity contribution in [3.05, 3.63) is 18.0 Å². The summed E-state index contributed by atoms with van der Waals surface area (Å²) in [7, 11) is 0. The first-order chi connectivity index (χ1) is 7.31. The third-order valence-electron chi connectivity index (χ3n) is 2.91. The standard InChI is InChI=1S/C11H17ClN2O/c1-2-11(12)9-7-13-14(8-9)10-3-5-15-6-4-10/h7-8,10-11H,2-6H2,1H3. The molecule has 15 heavy (non-hydrogen) atoms. The molecule has 0 saturated carbocycles. The van der Waals surface area contributed by atoms with Crippen LogP contribution in [0.1, 0.15) is 43.2 Å². The molecule has 4 heteroatoms. The summed E-state index contributed by atoms with van der Waals surface area (Å²) in [6.45, 7) is 3.78. The summed E-state index contributed by atoms with van der Waals surface area (Å²) < 4.78 is 7.37. The second-order valence-electron chi connectivity index (χ2n) is 3.97. The zero-order valence-electron chi connectivity index (χ0n) is 9.03. The van der Waals surface area contributed by atoms with Crippen molar-refractivity contribution in [2.45, 2.75) is 37.6 Å². The molecule has 1 fully saturated rings. The fourth-order valence-corrected chi connectivity index (χ4v) is 2.01. The van der Waals surface area contributed by atoms with Crippen LogP contribution in [-0.4, -0.2) is 23.0 Å². The molecule has 0 spiro atoms. The van der Waals surface area contributed by atoms with Gasteiger partial charge >= 0.3 is 0 Å². The lowest BCUT2D eigenvalue weighted by atomic mass is 10.1. The number of aromatic nitrogens is 2. The number of nitrogens with zero attached hydrogens (tertiary/aromatic N) is 2. The molecule has 0 radical (unpaired) electrons. The van der Waals surface area contributed by atoms with E-state index in [9.17, 15) is 0 Å². The van der Waals surface area contributed by atoms with Crippen LogP contribution in [0.3, 0.4) is 0 Å². The van der Waals surface area contributed by atoms with Gasteiger partial charge in [0.1, 0.15) is 0 Å². The minimum atomic E-state index is 0.0959. The van der Waals surface area contributed by atoms with Gasteiger partial charge in [0.2, 0.25) is 0 Å². The molecule has 0 amide bonds. The predicted molar refractivity (Wildman–Crippen MR) is 60.2 cm³/mol. The molecule has 1 aromatic rings. The molecule has 84 valence electrons. The maximum atomic E-state index is 6.16. The summed E-state index contributed by atoms with van der Waals surface area (Å²) in [6, 6.07) is 0.494. The van der Waals surface area contributed by atoms with E-state index in [0.29, 0.717) is 6.04 Å². The molecule has 0 aliphatic carbocycles. The lowest BCUT2D eigenvalue weighted by Gasteiger charge is -2.22. The Kier molecular flexibility index (Phi) is 3.65. The summed E-state index contributed by atoms with van der Waals surface area (Å²) in [5.74, 6) is 0. The number of rotatable bonds is 3. The van der Waals surface area contributed by atoms with Crippen LogP contribution < -0.4 is 0 Å². The third kappa shape index (κ3) is 2.52. The van der Waals surface area contributed by atoms with Crippen LogP contribution in [0.5, 0.6) is 0 Å². The summed E-state index contributed by atoms with van der Waals surface area (Å²) >= 11 is 6.16. The molecule has 1 aromatic heterocycles. The fraction of sp³-hybridized carbons (Fsp3) is 0.727. The number of halogens is 1. The molecule has 2 rings (SSSR count). The van der Waals surface area contributed by atoms with Crippen LogP contribution in [-0.2, 0) is 4.74 Å². The van der Waals surface area contributed by atoms with Crippen LogP contribution in [0.15, 0.2) is 12.4 Å². The van der Waals surface area contributed by atoms with E-state index >= 15 is 0 Å². The van der Waals surface area contributed by atoms with Crippen LogP contribution in [0.2, 0.25) is 0 Å². The highest BCUT2D eigenvalue weighted by Gasteiger charge is 2.17. The molecular formula is C11H17ClN2O. The zero-order chi connectivity index (χ0) is 10.7. The predicted octanol–water partition coefficient (Wildman–Crippen LogP) is 2.92. The van der Waals surface area contributed by atoms with Crippen LogP contribution in [0.25, 0.3) is 0 Å². The normalized spacial score (nSPS) is 20.4. The van der Waals surface area contributed by atoms with Gasteiger partial charge in [0.05, 0.1) is 17.6 Å². The molecule has 1 aliphatic rings. The van der Waals surface area contributed by atoms with Gasteiger partial charge in [-0.15, -0.1) is 11.6 Å². The van der Waals surface area contributed by atoms with Crippen molar-refractivity contribution in [2.24, 2.45) is 0 Å². The lowest BCUT2D eigenvalue weighted by molar-refractivity contribution is 0.0662. The average Bonchev–Trinajstić information content (AvgIpc) is 2.78. The van der Waals surface area contributed by atoms with Crippen molar-refractivity contribution in [2.75, 3.05) is 13.2 Å². The van der Waals surface area contributed by atoms with Gasteiger partial charge in [-0.25, -0.2) is 0 Å². The second kappa shape index (κ2) is 4.99. The Labute approximate surface area is 95.4 Å². The lowest BCUT2D eigenvalue weighted by Crippen LogP contribution is -2.19. The van der Waals surface area contributed by atoms with Gasteiger partial charge in [-0.3, -0.25) is 4.68 Å². The quantitative estimate of drug-likeness (QED) is 0.744. The molecule has 2 heterocycles. The minimum Gasteiger partial charge on any atom is -0.381 e. The largest absolute Gasteiger partial charge is 0.381 e. The van der Waals surface area contributed by atoms with Crippen molar-refractivity contribution in [1.82, 2.24) is 9.78 Å². The maximum Gasteiger partial charge on any atom is 0.0613 e. The third-order valence-corrected chi connectivity index (χ3v) is 3.47. The van der Waals surface area contributed by atoms with E-state index in [1.54, 1.807) is 0 Å². The molecule has 0 bridgehead atoms. The number of alkyl halides is 1. The molecule has 0 aromatic carbocycles. The molecule has 1 aliphatic heterocycles. The maximum absolute atomic E-state index is 6.16. The van der Waals surface area contributed by atoms with E-state index in [4.69, 9.17) is 16.3 Å². The van der Waals surface area contributed by atoms with Gasteiger partial charge in [0.15, 0.2) is 0 Å². The Morgan fingerprint density at radius 1 is 1.60 bits per heavy atom. The second-order valence-corrected chi connectivity index (χ2v) is 4.50. The summed E-state index contributed by atoms with van der Waals surface area (Å²) in [5, 5.41) is 4.48. The van der Waals surface area contributed by atoms with E-state index in [1.165, 1.54) is 0 Å². The van der Waals surface area contributed by atoms with Gasteiger partial charge in [0, 0.05) is 25.0 Å². The highest BCUT2D eigenvalue weighted by molar-refractivity contribution is 6.20. The Hall–Kier alpha value is -0.540. The first kappa shape index (κ1) is 11.0.